The van der Waals surface area contributed by atoms with Crippen LogP contribution in [0.1, 0.15) is 50.5 Å². The van der Waals surface area contributed by atoms with Crippen LogP contribution in [0.2, 0.25) is 0 Å². The molecule has 2 N–H and O–H groups in total. The average Bonchev–Trinajstić information content (AvgIpc) is 3.60. The number of carbonyl (C=O) groups is 1. The third-order valence-corrected chi connectivity index (χ3v) is 7.65. The molecule has 0 spiro atoms. The molecule has 2 fully saturated rings. The summed E-state index contributed by atoms with van der Waals surface area (Å²) in [4.78, 5) is 12.4. The summed E-state index contributed by atoms with van der Waals surface area (Å²) in [5.41, 5.74) is 1.26. The van der Waals surface area contributed by atoms with Crippen LogP contribution >= 0.6 is 0 Å². The highest BCUT2D eigenvalue weighted by molar-refractivity contribution is 7.89. The summed E-state index contributed by atoms with van der Waals surface area (Å²) in [6, 6.07) is 15.7. The van der Waals surface area contributed by atoms with Gasteiger partial charge in [0.2, 0.25) is 10.0 Å². The lowest BCUT2D eigenvalue weighted by molar-refractivity contribution is -0.118. The van der Waals surface area contributed by atoms with Crippen LogP contribution in [0.3, 0.4) is 0 Å². The summed E-state index contributed by atoms with van der Waals surface area (Å²) in [6.07, 6.45) is 6.75. The molecule has 0 heterocycles. The molecule has 1 amide bonds. The molecule has 0 radical (unpaired) electrons. The Balaban J connectivity index is 1.27. The minimum Gasteiger partial charge on any atom is -0.484 e. The number of amides is 1. The largest absolute Gasteiger partial charge is 0.484 e. The van der Waals surface area contributed by atoms with E-state index in [9.17, 15) is 18.5 Å². The molecule has 32 heavy (non-hydrogen) atoms. The number of rotatable bonds is 8. The highest BCUT2D eigenvalue weighted by atomic mass is 32.2. The molecule has 2 aromatic carbocycles. The minimum absolute atomic E-state index is 0.00264. The van der Waals surface area contributed by atoms with Crippen LogP contribution in [0.15, 0.2) is 53.4 Å². The topological polar surface area (TPSA) is 108 Å². The molecular weight excluding hydrogens is 426 g/mol. The van der Waals surface area contributed by atoms with E-state index in [0.29, 0.717) is 11.4 Å². The Bertz CT molecular complexity index is 1100. The second-order valence-corrected chi connectivity index (χ2v) is 10.2. The van der Waals surface area contributed by atoms with Crippen molar-refractivity contribution < 1.29 is 17.9 Å². The number of nitriles is 1. The maximum absolute atomic E-state index is 12.6. The van der Waals surface area contributed by atoms with Crippen LogP contribution in [-0.4, -0.2) is 27.0 Å². The zero-order valence-corrected chi connectivity index (χ0v) is 18.7. The first-order valence-corrected chi connectivity index (χ1v) is 12.5. The van der Waals surface area contributed by atoms with Gasteiger partial charge in [0.15, 0.2) is 6.61 Å². The highest BCUT2D eigenvalue weighted by Crippen LogP contribution is 2.47. The second kappa shape index (κ2) is 9.31. The predicted molar refractivity (Wildman–Crippen MR) is 121 cm³/mol. The van der Waals surface area contributed by atoms with E-state index in [-0.39, 0.29) is 28.9 Å². The van der Waals surface area contributed by atoms with Gasteiger partial charge in [-0.25, -0.2) is 13.1 Å². The van der Waals surface area contributed by atoms with Gasteiger partial charge in [-0.05, 0) is 67.6 Å². The summed E-state index contributed by atoms with van der Waals surface area (Å²) in [5.74, 6) is 0.0895. The molecule has 0 unspecified atom stereocenters. The molecule has 0 atom stereocenters. The van der Waals surface area contributed by atoms with Gasteiger partial charge in [-0.2, -0.15) is 5.26 Å². The molecule has 2 saturated carbocycles. The zero-order chi connectivity index (χ0) is 22.6. The van der Waals surface area contributed by atoms with Gasteiger partial charge in [0.1, 0.15) is 5.75 Å². The number of nitrogens with one attached hydrogen (secondary N) is 2. The molecule has 7 nitrogen and oxygen atoms in total. The van der Waals surface area contributed by atoms with Crippen LogP contribution in [0.5, 0.6) is 5.75 Å². The Morgan fingerprint density at radius 2 is 1.69 bits per heavy atom. The first-order valence-electron chi connectivity index (χ1n) is 11.0. The van der Waals surface area contributed by atoms with Crippen molar-refractivity contribution in [3.05, 3.63) is 54.1 Å². The van der Waals surface area contributed by atoms with Crippen molar-refractivity contribution >= 4 is 21.6 Å². The van der Waals surface area contributed by atoms with E-state index >= 15 is 0 Å². The predicted octanol–water partition coefficient (Wildman–Crippen LogP) is 3.87. The van der Waals surface area contributed by atoms with Crippen molar-refractivity contribution in [1.29, 1.82) is 5.26 Å². The number of ether oxygens (including phenoxy) is 1. The van der Waals surface area contributed by atoms with E-state index in [1.807, 2.05) is 12.1 Å². The number of anilines is 1. The van der Waals surface area contributed by atoms with E-state index < -0.39 is 10.0 Å². The van der Waals surface area contributed by atoms with Crippen LogP contribution in [-0.2, 0) is 20.2 Å². The van der Waals surface area contributed by atoms with Crippen molar-refractivity contribution in [3.63, 3.8) is 0 Å². The van der Waals surface area contributed by atoms with Crippen LogP contribution in [0, 0.1) is 11.3 Å². The quantitative estimate of drug-likeness (QED) is 0.631. The standard InChI is InChI=1S/C24H27N3O4S/c25-17-24(14-15-24)18-6-8-19(9-7-18)26-23(28)16-31-21-10-12-22(13-11-21)32(29,30)27-20-4-2-1-3-5-20/h6-13,20,27H,1-5,14-16H2,(H,26,28). The van der Waals surface area contributed by atoms with Crippen molar-refractivity contribution in [3.8, 4) is 11.8 Å². The lowest BCUT2D eigenvalue weighted by Gasteiger charge is -2.22. The fourth-order valence-electron chi connectivity index (χ4n) is 4.03. The van der Waals surface area contributed by atoms with E-state index in [0.717, 1.165) is 50.5 Å². The first kappa shape index (κ1) is 22.3. The average molecular weight is 454 g/mol. The summed E-state index contributed by atoms with van der Waals surface area (Å²) in [5, 5.41) is 12.0. The van der Waals surface area contributed by atoms with Gasteiger partial charge >= 0.3 is 0 Å². The monoisotopic (exact) mass is 453 g/mol. The van der Waals surface area contributed by atoms with Crippen LogP contribution in [0.4, 0.5) is 5.69 Å². The minimum atomic E-state index is -3.57. The van der Waals surface area contributed by atoms with E-state index in [2.05, 4.69) is 16.1 Å². The third-order valence-electron chi connectivity index (χ3n) is 6.12. The fraction of sp³-hybridized carbons (Fsp3) is 0.417. The van der Waals surface area contributed by atoms with Gasteiger partial charge in [0.05, 0.1) is 16.4 Å². The van der Waals surface area contributed by atoms with E-state index in [4.69, 9.17) is 4.74 Å². The van der Waals surface area contributed by atoms with Gasteiger partial charge in [-0.1, -0.05) is 31.4 Å². The normalized spacial score (nSPS) is 17.8. The molecule has 168 valence electrons. The molecular formula is C24H27N3O4S. The van der Waals surface area contributed by atoms with Gasteiger partial charge in [0, 0.05) is 11.7 Å². The SMILES string of the molecule is N#CC1(c2ccc(NC(=O)COc3ccc(S(=O)(=O)NC4CCCCC4)cc3)cc2)CC1. The lowest BCUT2D eigenvalue weighted by Crippen LogP contribution is -2.36. The molecule has 0 aliphatic heterocycles. The summed E-state index contributed by atoms with van der Waals surface area (Å²) >= 11 is 0. The number of carbonyl (C=O) groups excluding carboxylic acids is 1. The van der Waals surface area contributed by atoms with Crippen molar-refractivity contribution in [2.24, 2.45) is 0 Å². The number of benzene rings is 2. The van der Waals surface area contributed by atoms with Crippen molar-refractivity contribution in [1.82, 2.24) is 4.72 Å². The number of hydrogen-bond acceptors (Lipinski definition) is 5. The van der Waals surface area contributed by atoms with Crippen molar-refractivity contribution in [2.75, 3.05) is 11.9 Å². The molecule has 0 bridgehead atoms. The van der Waals surface area contributed by atoms with E-state index in [1.165, 1.54) is 12.1 Å². The third kappa shape index (κ3) is 5.29. The van der Waals surface area contributed by atoms with Gasteiger partial charge in [0.25, 0.3) is 5.91 Å². The summed E-state index contributed by atoms with van der Waals surface area (Å²) in [7, 11) is -3.57. The number of hydrogen-bond donors (Lipinski definition) is 2. The maximum atomic E-state index is 12.6. The Labute approximate surface area is 188 Å². The molecule has 2 aromatic rings. The Kier molecular flexibility index (Phi) is 6.49. The molecule has 2 aliphatic carbocycles. The van der Waals surface area contributed by atoms with Gasteiger partial charge < -0.3 is 10.1 Å². The molecule has 0 saturated heterocycles. The fourth-order valence-corrected chi connectivity index (χ4v) is 5.34. The van der Waals surface area contributed by atoms with Crippen LogP contribution in [0.25, 0.3) is 0 Å². The Hall–Kier alpha value is -2.89. The lowest BCUT2D eigenvalue weighted by atomic mass is 9.96. The molecule has 4 rings (SSSR count). The van der Waals surface area contributed by atoms with Crippen molar-refractivity contribution in [2.45, 2.75) is 61.3 Å². The Morgan fingerprint density at radius 1 is 1.03 bits per heavy atom. The Morgan fingerprint density at radius 3 is 2.28 bits per heavy atom. The van der Waals surface area contributed by atoms with Gasteiger partial charge in [-0.15, -0.1) is 0 Å². The second-order valence-electron chi connectivity index (χ2n) is 8.54. The maximum Gasteiger partial charge on any atom is 0.262 e. The van der Waals surface area contributed by atoms with Crippen LogP contribution < -0.4 is 14.8 Å². The molecule has 2 aliphatic rings. The molecule has 8 heteroatoms. The number of sulfonamides is 1. The first-order chi connectivity index (χ1) is 15.4. The molecule has 0 aromatic heterocycles. The smallest absolute Gasteiger partial charge is 0.262 e. The summed E-state index contributed by atoms with van der Waals surface area (Å²) in [6.45, 7) is -0.198. The zero-order valence-electron chi connectivity index (χ0n) is 17.8. The van der Waals surface area contributed by atoms with E-state index in [1.54, 1.807) is 24.3 Å². The van der Waals surface area contributed by atoms with Gasteiger partial charge in [-0.3, -0.25) is 4.79 Å². The number of nitrogens with zero attached hydrogens (tertiary/aromatic N) is 1. The highest BCUT2D eigenvalue weighted by Gasteiger charge is 2.44. The summed E-state index contributed by atoms with van der Waals surface area (Å²) < 4.78 is 33.4.